The minimum Gasteiger partial charge on any atom is -0.417 e. The third kappa shape index (κ3) is 7.17. The number of ether oxygens (including phenoxy) is 1. The summed E-state index contributed by atoms with van der Waals surface area (Å²) in [6.45, 7) is 4.99. The van der Waals surface area contributed by atoms with Gasteiger partial charge in [0.1, 0.15) is 5.82 Å². The van der Waals surface area contributed by atoms with Crippen LogP contribution in [0, 0.1) is 5.92 Å². The molecule has 9 nitrogen and oxygen atoms in total. The van der Waals surface area contributed by atoms with Crippen molar-refractivity contribution < 1.29 is 32.2 Å². The number of oxazole rings is 1. The SMILES string of the molecule is CC1CCCN(c2nc(C(F)(F)F)c(C(=O)Nc3ccc(N4CCC(OCc5cccc(CO)c5)CC4)nc3)o2)C1. The van der Waals surface area contributed by atoms with Crippen LogP contribution in [-0.2, 0) is 24.1 Å². The number of benzene rings is 1. The van der Waals surface area contributed by atoms with Crippen molar-refractivity contribution in [3.05, 3.63) is 65.2 Å². The van der Waals surface area contributed by atoms with E-state index in [-0.39, 0.29) is 24.4 Å². The number of carbonyl (C=O) groups is 1. The zero-order chi connectivity index (χ0) is 29.0. The third-order valence-electron chi connectivity index (χ3n) is 7.45. The van der Waals surface area contributed by atoms with E-state index in [1.807, 2.05) is 31.2 Å². The minimum atomic E-state index is -4.84. The summed E-state index contributed by atoms with van der Waals surface area (Å²) in [5, 5.41) is 11.8. The number of nitrogens with zero attached hydrogens (tertiary/aromatic N) is 4. The third-order valence-corrected chi connectivity index (χ3v) is 7.45. The Bertz CT molecular complexity index is 1320. The van der Waals surface area contributed by atoms with Crippen LogP contribution >= 0.6 is 0 Å². The van der Waals surface area contributed by atoms with Gasteiger partial charge in [-0.2, -0.15) is 18.2 Å². The second-order valence-electron chi connectivity index (χ2n) is 10.7. The summed E-state index contributed by atoms with van der Waals surface area (Å²) >= 11 is 0. The molecule has 1 amide bonds. The average molecular weight is 574 g/mol. The van der Waals surface area contributed by atoms with Crippen LogP contribution in [0.5, 0.6) is 0 Å². The molecule has 2 saturated heterocycles. The lowest BCUT2D eigenvalue weighted by Crippen LogP contribution is -2.37. The maximum atomic E-state index is 13.7. The molecular formula is C29H34F3N5O4. The monoisotopic (exact) mass is 573 g/mol. The summed E-state index contributed by atoms with van der Waals surface area (Å²) in [6, 6.07) is 10.8. The maximum Gasteiger partial charge on any atom is 0.437 e. The highest BCUT2D eigenvalue weighted by atomic mass is 19.4. The zero-order valence-corrected chi connectivity index (χ0v) is 22.9. The van der Waals surface area contributed by atoms with Crippen molar-refractivity contribution in [3.8, 4) is 0 Å². The molecule has 4 heterocycles. The van der Waals surface area contributed by atoms with Crippen molar-refractivity contribution in [2.24, 2.45) is 5.92 Å². The lowest BCUT2D eigenvalue weighted by atomic mass is 10.0. The first-order valence-electron chi connectivity index (χ1n) is 13.8. The normalized spacial score (nSPS) is 18.5. The van der Waals surface area contributed by atoms with Gasteiger partial charge >= 0.3 is 6.18 Å². The van der Waals surface area contributed by atoms with Crippen molar-refractivity contribution in [1.82, 2.24) is 9.97 Å². The zero-order valence-electron chi connectivity index (χ0n) is 22.9. The summed E-state index contributed by atoms with van der Waals surface area (Å²) in [7, 11) is 0. The van der Waals surface area contributed by atoms with Crippen molar-refractivity contribution >= 4 is 23.4 Å². The van der Waals surface area contributed by atoms with Crippen LogP contribution in [0.25, 0.3) is 0 Å². The van der Waals surface area contributed by atoms with Crippen molar-refractivity contribution in [3.63, 3.8) is 0 Å². The van der Waals surface area contributed by atoms with Gasteiger partial charge in [-0.3, -0.25) is 4.79 Å². The molecule has 2 aliphatic rings. The number of halogens is 3. The number of hydrogen-bond acceptors (Lipinski definition) is 8. The van der Waals surface area contributed by atoms with E-state index in [4.69, 9.17) is 9.15 Å². The fraction of sp³-hybridized carbons (Fsp3) is 0.483. The Kier molecular flexibility index (Phi) is 8.79. The molecule has 0 radical (unpaired) electrons. The first-order chi connectivity index (χ1) is 19.7. The number of hydrogen-bond donors (Lipinski definition) is 2. The van der Waals surface area contributed by atoms with Crippen LogP contribution in [0.4, 0.5) is 30.7 Å². The molecule has 2 N–H and O–H groups in total. The number of amides is 1. The predicted molar refractivity (Wildman–Crippen MR) is 147 cm³/mol. The number of alkyl halides is 3. The smallest absolute Gasteiger partial charge is 0.417 e. The molecular weight excluding hydrogens is 539 g/mol. The highest BCUT2D eigenvalue weighted by Gasteiger charge is 2.42. The van der Waals surface area contributed by atoms with E-state index in [0.717, 1.165) is 49.9 Å². The molecule has 1 aromatic carbocycles. The molecule has 2 aliphatic heterocycles. The molecule has 0 spiro atoms. The van der Waals surface area contributed by atoms with E-state index in [2.05, 4.69) is 20.2 Å². The molecule has 2 aromatic heterocycles. The van der Waals surface area contributed by atoms with Crippen LogP contribution in [0.3, 0.4) is 0 Å². The lowest BCUT2D eigenvalue weighted by Gasteiger charge is -2.32. The van der Waals surface area contributed by atoms with Gasteiger partial charge < -0.3 is 29.4 Å². The molecule has 1 unspecified atom stereocenters. The highest BCUT2D eigenvalue weighted by molar-refractivity contribution is 6.03. The van der Waals surface area contributed by atoms with Gasteiger partial charge in [-0.15, -0.1) is 0 Å². The van der Waals surface area contributed by atoms with E-state index >= 15 is 0 Å². The fourth-order valence-electron chi connectivity index (χ4n) is 5.27. The quantitative estimate of drug-likeness (QED) is 0.377. The summed E-state index contributed by atoms with van der Waals surface area (Å²) in [4.78, 5) is 24.7. The topological polar surface area (TPSA) is 104 Å². The van der Waals surface area contributed by atoms with Gasteiger partial charge in [0.05, 0.1) is 31.2 Å². The molecule has 1 atom stereocenters. The van der Waals surface area contributed by atoms with Gasteiger partial charge in [0, 0.05) is 26.2 Å². The number of piperidine rings is 2. The van der Waals surface area contributed by atoms with Gasteiger partial charge in [-0.25, -0.2) is 4.98 Å². The molecule has 220 valence electrons. The number of pyridine rings is 1. The average Bonchev–Trinajstić information content (AvgIpc) is 3.44. The second kappa shape index (κ2) is 12.5. The maximum absolute atomic E-state index is 13.7. The number of anilines is 3. The lowest BCUT2D eigenvalue weighted by molar-refractivity contribution is -0.141. The van der Waals surface area contributed by atoms with Gasteiger partial charge in [-0.05, 0) is 54.9 Å². The van der Waals surface area contributed by atoms with E-state index in [1.54, 1.807) is 17.0 Å². The number of rotatable bonds is 8. The van der Waals surface area contributed by atoms with Crippen LogP contribution in [-0.4, -0.2) is 53.3 Å². The molecule has 12 heteroatoms. The summed E-state index contributed by atoms with van der Waals surface area (Å²) < 4.78 is 52.5. The Balaban J connectivity index is 1.17. The largest absolute Gasteiger partial charge is 0.437 e. The van der Waals surface area contributed by atoms with Gasteiger partial charge in [0.2, 0.25) is 5.76 Å². The molecule has 3 aromatic rings. The summed E-state index contributed by atoms with van der Waals surface area (Å²) in [5.74, 6) is -0.896. The van der Waals surface area contributed by atoms with Gasteiger partial charge in [0.25, 0.3) is 11.9 Å². The van der Waals surface area contributed by atoms with Crippen LogP contribution in [0.15, 0.2) is 47.0 Å². The predicted octanol–water partition coefficient (Wildman–Crippen LogP) is 5.25. The Morgan fingerprint density at radius 1 is 1.12 bits per heavy atom. The molecule has 0 aliphatic carbocycles. The summed E-state index contributed by atoms with van der Waals surface area (Å²) in [5.41, 5.74) is 0.784. The first-order valence-corrected chi connectivity index (χ1v) is 13.8. The van der Waals surface area contributed by atoms with E-state index in [0.29, 0.717) is 31.4 Å². The Morgan fingerprint density at radius 2 is 1.90 bits per heavy atom. The van der Waals surface area contributed by atoms with Crippen LogP contribution < -0.4 is 15.1 Å². The molecule has 5 rings (SSSR count). The summed E-state index contributed by atoms with van der Waals surface area (Å²) in [6.07, 6.45) is 0.0953. The Labute approximate surface area is 236 Å². The van der Waals surface area contributed by atoms with Crippen molar-refractivity contribution in [2.45, 2.75) is 58.1 Å². The molecule has 2 fully saturated rings. The van der Waals surface area contributed by atoms with Crippen LogP contribution in [0.2, 0.25) is 0 Å². The highest BCUT2D eigenvalue weighted by Crippen LogP contribution is 2.35. The fourth-order valence-corrected chi connectivity index (χ4v) is 5.27. The van der Waals surface area contributed by atoms with Gasteiger partial charge in [-0.1, -0.05) is 31.2 Å². The number of aliphatic hydroxyl groups excluding tert-OH is 1. The second-order valence-corrected chi connectivity index (χ2v) is 10.7. The minimum absolute atomic E-state index is 0.00455. The number of nitrogens with one attached hydrogen (secondary N) is 1. The standard InChI is InChI=1S/C29H34F3N5O4/c1-19-4-3-11-37(16-19)28-35-26(29(30,31)32)25(41-28)27(39)34-22-7-8-24(33-15-22)36-12-9-23(10-13-36)40-18-21-6-2-5-20(14-21)17-38/h2,5-8,14-15,19,23,38H,3-4,9-13,16-18H2,1H3,(H,34,39). The Hall–Kier alpha value is -3.64. The number of carbonyl (C=O) groups excluding carboxylic acids is 1. The van der Waals surface area contributed by atoms with Crippen molar-refractivity contribution in [1.29, 1.82) is 0 Å². The van der Waals surface area contributed by atoms with E-state index < -0.39 is 23.5 Å². The number of aliphatic hydroxyl groups is 1. The van der Waals surface area contributed by atoms with Gasteiger partial charge in [0.15, 0.2) is 5.69 Å². The molecule has 0 bridgehead atoms. The van der Waals surface area contributed by atoms with E-state index in [9.17, 15) is 23.1 Å². The Morgan fingerprint density at radius 3 is 2.59 bits per heavy atom. The van der Waals surface area contributed by atoms with E-state index in [1.165, 1.54) is 6.20 Å². The molecule has 0 saturated carbocycles. The van der Waals surface area contributed by atoms with Crippen LogP contribution in [0.1, 0.15) is 60.0 Å². The van der Waals surface area contributed by atoms with Crippen molar-refractivity contribution in [2.75, 3.05) is 41.3 Å². The number of aromatic nitrogens is 2. The first kappa shape index (κ1) is 28.9. The molecule has 41 heavy (non-hydrogen) atoms.